The second-order valence-electron chi connectivity index (χ2n) is 12.3. The van der Waals surface area contributed by atoms with Gasteiger partial charge in [-0.1, -0.05) is 0 Å². The van der Waals surface area contributed by atoms with Crippen molar-refractivity contribution in [2.24, 2.45) is 0 Å². The van der Waals surface area contributed by atoms with Gasteiger partial charge in [0.05, 0.1) is 11.8 Å². The van der Waals surface area contributed by atoms with Gasteiger partial charge in [0.1, 0.15) is 11.9 Å². The van der Waals surface area contributed by atoms with Crippen LogP contribution < -0.4 is 20.7 Å². The van der Waals surface area contributed by atoms with Crippen molar-refractivity contribution in [3.05, 3.63) is 35.8 Å². The van der Waals surface area contributed by atoms with E-state index in [9.17, 15) is 17.6 Å². The predicted molar refractivity (Wildman–Crippen MR) is 145 cm³/mol. The molecule has 216 valence electrons. The number of nitrogens with zero attached hydrogens (tertiary/aromatic N) is 3. The van der Waals surface area contributed by atoms with Crippen molar-refractivity contribution >= 4 is 17.5 Å². The first-order chi connectivity index (χ1) is 18.1. The second kappa shape index (κ2) is 11.1. The molecule has 2 fully saturated rings. The van der Waals surface area contributed by atoms with E-state index in [2.05, 4.69) is 72.4 Å². The zero-order valence-corrected chi connectivity index (χ0v) is 23.5. The smallest absolute Gasteiger partial charge is 0.420 e. The summed E-state index contributed by atoms with van der Waals surface area (Å²) in [5.74, 6) is -0.823. The van der Waals surface area contributed by atoms with Crippen molar-refractivity contribution in [1.82, 2.24) is 20.2 Å². The van der Waals surface area contributed by atoms with Gasteiger partial charge in [0.2, 0.25) is 5.95 Å². The van der Waals surface area contributed by atoms with Gasteiger partial charge in [-0.3, -0.25) is 0 Å². The van der Waals surface area contributed by atoms with Crippen molar-refractivity contribution in [3.63, 3.8) is 0 Å². The number of rotatable bonds is 7. The van der Waals surface area contributed by atoms with Crippen LogP contribution in [-0.2, 0) is 6.18 Å². The normalized spacial score (nSPS) is 20.7. The van der Waals surface area contributed by atoms with Gasteiger partial charge in [0.25, 0.3) is 0 Å². The number of hydrogen-bond donors (Lipinski definition) is 3. The maximum absolute atomic E-state index is 14.6. The lowest BCUT2D eigenvalue weighted by atomic mass is 9.79. The first-order valence-corrected chi connectivity index (χ1v) is 13.6. The molecule has 2 aliphatic rings. The summed E-state index contributed by atoms with van der Waals surface area (Å²) in [7, 11) is 0. The fourth-order valence-electron chi connectivity index (χ4n) is 5.90. The number of anilines is 3. The van der Waals surface area contributed by atoms with E-state index in [0.717, 1.165) is 38.2 Å². The van der Waals surface area contributed by atoms with Crippen molar-refractivity contribution in [2.75, 3.05) is 23.7 Å². The van der Waals surface area contributed by atoms with E-state index in [0.29, 0.717) is 18.9 Å². The Labute approximate surface area is 228 Å². The van der Waals surface area contributed by atoms with Crippen LogP contribution in [0.5, 0.6) is 5.75 Å². The van der Waals surface area contributed by atoms with Gasteiger partial charge in [-0.2, -0.15) is 18.2 Å². The molecule has 1 aromatic carbocycles. The molecule has 7 nitrogen and oxygen atoms in total. The molecule has 2 aromatic rings. The Morgan fingerprint density at radius 1 is 1.08 bits per heavy atom. The molecule has 0 atom stereocenters. The van der Waals surface area contributed by atoms with Crippen molar-refractivity contribution < 1.29 is 22.3 Å². The molecular formula is C28H40F4N6O. The molecule has 0 amide bonds. The van der Waals surface area contributed by atoms with Crippen LogP contribution in [-0.4, -0.2) is 57.2 Å². The molecule has 39 heavy (non-hydrogen) atoms. The average Bonchev–Trinajstić information content (AvgIpc) is 2.80. The molecule has 2 aliphatic heterocycles. The maximum atomic E-state index is 14.6. The molecule has 0 saturated carbocycles. The third-order valence-corrected chi connectivity index (χ3v) is 7.32. The first kappa shape index (κ1) is 29.3. The lowest BCUT2D eigenvalue weighted by molar-refractivity contribution is -0.139. The van der Waals surface area contributed by atoms with Gasteiger partial charge in [-0.05, 0) is 85.4 Å². The summed E-state index contributed by atoms with van der Waals surface area (Å²) in [6, 6.07) is 4.14. The third kappa shape index (κ3) is 7.72. The topological polar surface area (TPSA) is 74.3 Å². The molecule has 0 bridgehead atoms. The lowest BCUT2D eigenvalue weighted by Gasteiger charge is -2.46. The zero-order valence-electron chi connectivity index (χ0n) is 23.5. The molecule has 2 saturated heterocycles. The van der Waals surface area contributed by atoms with Gasteiger partial charge in [-0.15, -0.1) is 0 Å². The maximum Gasteiger partial charge on any atom is 0.420 e. The van der Waals surface area contributed by atoms with Crippen LogP contribution >= 0.6 is 0 Å². The van der Waals surface area contributed by atoms with E-state index in [1.165, 1.54) is 12.1 Å². The molecule has 3 N–H and O–H groups in total. The average molecular weight is 553 g/mol. The Morgan fingerprint density at radius 2 is 1.72 bits per heavy atom. The lowest BCUT2D eigenvalue weighted by Crippen LogP contribution is -2.60. The fraction of sp³-hybridized carbons (Fsp3) is 0.643. The largest absolute Gasteiger partial charge is 0.490 e. The molecule has 1 aromatic heterocycles. The summed E-state index contributed by atoms with van der Waals surface area (Å²) < 4.78 is 62.4. The number of alkyl halides is 3. The van der Waals surface area contributed by atoms with E-state index >= 15 is 0 Å². The van der Waals surface area contributed by atoms with E-state index in [4.69, 9.17) is 4.74 Å². The minimum absolute atomic E-state index is 0.00537. The van der Waals surface area contributed by atoms with Crippen LogP contribution in [0.25, 0.3) is 0 Å². The Morgan fingerprint density at radius 3 is 2.31 bits per heavy atom. The van der Waals surface area contributed by atoms with E-state index < -0.39 is 17.6 Å². The summed E-state index contributed by atoms with van der Waals surface area (Å²) in [4.78, 5) is 10.5. The fourth-order valence-corrected chi connectivity index (χ4v) is 5.90. The minimum Gasteiger partial charge on any atom is -0.490 e. The number of aromatic nitrogens is 2. The van der Waals surface area contributed by atoms with Crippen LogP contribution in [0.15, 0.2) is 24.4 Å². The second-order valence-corrected chi connectivity index (χ2v) is 12.3. The predicted octanol–water partition coefficient (Wildman–Crippen LogP) is 6.35. The standard InChI is InChI=1S/C28H40F4N6O/c1-17(2)38-11-9-20(10-12-38)39-23-8-7-18(13-21(23)28(30,31)32)35-25-33-16-22(29)24(36-25)34-19-14-26(3,4)37-27(5,6)15-19/h7-8,13,16-17,19-20,37H,9-12,14-15H2,1-6H3,(H2,33,34,35,36). The molecule has 11 heteroatoms. The van der Waals surface area contributed by atoms with Gasteiger partial charge in [-0.25, -0.2) is 9.37 Å². The minimum atomic E-state index is -4.61. The summed E-state index contributed by atoms with van der Waals surface area (Å²) >= 11 is 0. The van der Waals surface area contributed by atoms with Gasteiger partial charge in [0.15, 0.2) is 11.6 Å². The molecule has 0 aliphatic carbocycles. The molecular weight excluding hydrogens is 512 g/mol. The van der Waals surface area contributed by atoms with Crippen molar-refractivity contribution in [3.8, 4) is 5.75 Å². The molecule has 0 unspecified atom stereocenters. The summed E-state index contributed by atoms with van der Waals surface area (Å²) in [5.41, 5.74) is -1.06. The summed E-state index contributed by atoms with van der Waals surface area (Å²) in [5, 5.41) is 9.55. The molecule has 3 heterocycles. The number of hydrogen-bond acceptors (Lipinski definition) is 7. The first-order valence-electron chi connectivity index (χ1n) is 13.6. The number of ether oxygens (including phenoxy) is 1. The van der Waals surface area contributed by atoms with E-state index in [-0.39, 0.29) is 46.4 Å². The van der Waals surface area contributed by atoms with Crippen molar-refractivity contribution in [2.45, 2.75) is 103 Å². The Kier molecular flexibility index (Phi) is 8.33. The van der Waals surface area contributed by atoms with Crippen LogP contribution in [0.2, 0.25) is 0 Å². The van der Waals surface area contributed by atoms with E-state index in [1.807, 2.05) is 0 Å². The van der Waals surface area contributed by atoms with Crippen molar-refractivity contribution in [1.29, 1.82) is 0 Å². The SMILES string of the molecule is CC(C)N1CCC(Oc2ccc(Nc3ncc(F)c(NC4CC(C)(C)NC(C)(C)C4)n3)cc2C(F)(F)F)CC1. The quantitative estimate of drug-likeness (QED) is 0.346. The highest BCUT2D eigenvalue weighted by Gasteiger charge is 2.38. The van der Waals surface area contributed by atoms with Crippen LogP contribution in [0.1, 0.15) is 72.8 Å². The molecule has 0 spiro atoms. The van der Waals surface area contributed by atoms with Crippen LogP contribution in [0, 0.1) is 5.82 Å². The molecule has 0 radical (unpaired) electrons. The number of benzene rings is 1. The van der Waals surface area contributed by atoms with Gasteiger partial charge < -0.3 is 25.6 Å². The summed E-state index contributed by atoms with van der Waals surface area (Å²) in [6.07, 6.45) is -1.05. The number of nitrogens with one attached hydrogen (secondary N) is 3. The number of halogens is 4. The van der Waals surface area contributed by atoms with Gasteiger partial charge >= 0.3 is 6.18 Å². The van der Waals surface area contributed by atoms with E-state index in [1.54, 1.807) is 0 Å². The Hall–Kier alpha value is -2.66. The number of likely N-dealkylation sites (tertiary alicyclic amines) is 1. The van der Waals surface area contributed by atoms with Crippen LogP contribution in [0.3, 0.4) is 0 Å². The summed E-state index contributed by atoms with van der Waals surface area (Å²) in [6.45, 7) is 14.1. The number of piperidine rings is 2. The highest BCUT2D eigenvalue weighted by Crippen LogP contribution is 2.39. The Balaban J connectivity index is 1.49. The third-order valence-electron chi connectivity index (χ3n) is 7.32. The Bertz CT molecular complexity index is 1130. The van der Waals surface area contributed by atoms with Crippen LogP contribution in [0.4, 0.5) is 35.0 Å². The highest BCUT2D eigenvalue weighted by atomic mass is 19.4. The monoisotopic (exact) mass is 552 g/mol. The molecule has 4 rings (SSSR count). The van der Waals surface area contributed by atoms with Gasteiger partial charge in [0, 0.05) is 41.9 Å². The highest BCUT2D eigenvalue weighted by molar-refractivity contribution is 5.59. The zero-order chi connectivity index (χ0) is 28.6.